The Morgan fingerprint density at radius 2 is 0.946 bits per heavy atom. The third kappa shape index (κ3) is 9.92. The topological polar surface area (TPSA) is 195 Å². The van der Waals surface area contributed by atoms with E-state index in [4.69, 9.17) is 48.4 Å². The number of anilines is 2. The molecule has 6 aromatic heterocycles. The highest BCUT2D eigenvalue weighted by Crippen LogP contribution is 2.39. The molecule has 0 atom stereocenters. The maximum atomic E-state index is 6.25. The largest absolute Gasteiger partial charge is 0.493 e. The molecular weight excluding hydrogens is 937 g/mol. The van der Waals surface area contributed by atoms with Crippen molar-refractivity contribution in [3.8, 4) is 57.0 Å². The number of aromatic amines is 2. The van der Waals surface area contributed by atoms with Gasteiger partial charge in [0, 0.05) is 92.8 Å². The highest BCUT2D eigenvalue weighted by molar-refractivity contribution is 6.09. The Kier molecular flexibility index (Phi) is 13.8. The number of pyridine rings is 2. The molecule has 8 heterocycles. The molecule has 0 radical (unpaired) electrons. The van der Waals surface area contributed by atoms with Gasteiger partial charge in [0.2, 0.25) is 23.7 Å². The van der Waals surface area contributed by atoms with Crippen molar-refractivity contribution >= 4 is 55.8 Å². The van der Waals surface area contributed by atoms with Crippen molar-refractivity contribution in [1.82, 2.24) is 50.5 Å². The first kappa shape index (κ1) is 47.6. The number of methoxy groups -OCH3 is 4. The van der Waals surface area contributed by atoms with E-state index in [9.17, 15) is 0 Å². The highest BCUT2D eigenvalue weighted by atomic mass is 16.5. The summed E-state index contributed by atoms with van der Waals surface area (Å²) in [5, 5.41) is 8.81. The number of fused-ring (bicyclic) bond motifs is 6. The third-order valence-corrected chi connectivity index (χ3v) is 13.2. The van der Waals surface area contributed by atoms with Gasteiger partial charge in [-0.05, 0) is 88.5 Å². The summed E-state index contributed by atoms with van der Waals surface area (Å²) in [6.07, 6.45) is 5.29. The molecule has 74 heavy (non-hydrogen) atoms. The molecule has 0 aliphatic carbocycles. The summed E-state index contributed by atoms with van der Waals surface area (Å²) in [4.78, 5) is 39.6. The van der Waals surface area contributed by atoms with E-state index in [1.54, 1.807) is 47.0 Å². The van der Waals surface area contributed by atoms with E-state index >= 15 is 0 Å². The Hall–Kier alpha value is -8.74. The van der Waals surface area contributed by atoms with E-state index in [0.717, 1.165) is 130 Å². The second kappa shape index (κ2) is 21.5. The quantitative estimate of drug-likeness (QED) is 0.0811. The zero-order chi connectivity index (χ0) is 50.4. The summed E-state index contributed by atoms with van der Waals surface area (Å²) >= 11 is 0. The first-order valence-corrected chi connectivity index (χ1v) is 24.5. The van der Waals surface area contributed by atoms with Gasteiger partial charge in [-0.25, -0.2) is 9.97 Å². The normalized spacial score (nSPS) is 13.7. The second-order valence-electron chi connectivity index (χ2n) is 17.7. The lowest BCUT2D eigenvalue weighted by Crippen LogP contribution is -2.44. The van der Waals surface area contributed by atoms with Crippen molar-refractivity contribution in [3.63, 3.8) is 0 Å². The van der Waals surface area contributed by atoms with E-state index < -0.39 is 0 Å². The van der Waals surface area contributed by atoms with Crippen molar-refractivity contribution in [3.05, 3.63) is 133 Å². The van der Waals surface area contributed by atoms with Crippen LogP contribution >= 0.6 is 0 Å². The minimum absolute atomic E-state index is 0.320. The van der Waals surface area contributed by atoms with Gasteiger partial charge in [0.1, 0.15) is 35.3 Å². The lowest BCUT2D eigenvalue weighted by atomic mass is 10.0. The predicted octanol–water partition coefficient (Wildman–Crippen LogP) is 8.36. The molecule has 2 saturated heterocycles. The van der Waals surface area contributed by atoms with Gasteiger partial charge in [-0.3, -0.25) is 9.97 Å². The molecule has 0 spiro atoms. The maximum Gasteiger partial charge on any atom is 0.243 e. The van der Waals surface area contributed by atoms with E-state index in [0.29, 0.717) is 59.9 Å². The van der Waals surface area contributed by atoms with Crippen LogP contribution in [-0.4, -0.2) is 121 Å². The van der Waals surface area contributed by atoms with Crippen LogP contribution in [0.4, 0.5) is 11.9 Å². The standard InChI is InChI=1S/2C28H28N6O3/c1-35-23-6-4-20(16-24(23)36-2)19-3-5-21-22(15-19)31-26-25(21)32-28(34-13-11-30-12-14-34)33-27(26)37-17-18-7-9-29-10-8-18;1-35-23-9-7-19(16-24(23)36-2)18-6-8-21-22(15-18)31-26-25(21)32-28(34-13-11-29-12-14-34)33-27(26)37-17-20-5-3-4-10-30-20/h3-10,15-16,30-31H,11-14,17H2,1-2H3;3-10,15-16,29,31H,11-14,17H2,1-2H3. The fourth-order valence-electron chi connectivity index (χ4n) is 9.32. The number of aromatic nitrogens is 8. The van der Waals surface area contributed by atoms with E-state index in [-0.39, 0.29) is 0 Å². The van der Waals surface area contributed by atoms with Gasteiger partial charge in [-0.1, -0.05) is 42.5 Å². The maximum absolute atomic E-state index is 6.25. The van der Waals surface area contributed by atoms with E-state index in [1.807, 2.05) is 66.7 Å². The number of hydrogen-bond acceptors (Lipinski definition) is 16. The number of rotatable bonds is 14. The summed E-state index contributed by atoms with van der Waals surface area (Å²) < 4.78 is 34.3. The summed E-state index contributed by atoms with van der Waals surface area (Å²) in [6.45, 7) is 7.69. The summed E-state index contributed by atoms with van der Waals surface area (Å²) in [6, 6.07) is 34.1. The smallest absolute Gasteiger partial charge is 0.243 e. The molecule has 18 heteroatoms. The van der Waals surface area contributed by atoms with Crippen LogP contribution < -0.4 is 48.9 Å². The minimum atomic E-state index is 0.320. The molecule has 2 fully saturated rings. The fraction of sp³-hybridized carbons (Fsp3) is 0.250. The number of nitrogens with one attached hydrogen (secondary N) is 4. The van der Waals surface area contributed by atoms with Crippen LogP contribution in [0.15, 0.2) is 122 Å². The first-order valence-electron chi connectivity index (χ1n) is 24.5. The molecule has 0 saturated carbocycles. The van der Waals surface area contributed by atoms with Crippen LogP contribution in [0.25, 0.3) is 66.1 Å². The average Bonchev–Trinajstić information content (AvgIpc) is 4.04. The van der Waals surface area contributed by atoms with Gasteiger partial charge in [-0.2, -0.15) is 9.97 Å². The minimum Gasteiger partial charge on any atom is -0.493 e. The molecule has 2 aliphatic rings. The van der Waals surface area contributed by atoms with E-state index in [2.05, 4.69) is 76.8 Å². The molecule has 0 unspecified atom stereocenters. The van der Waals surface area contributed by atoms with Crippen LogP contribution in [-0.2, 0) is 13.2 Å². The molecule has 4 N–H and O–H groups in total. The Balaban J connectivity index is 0.000000159. The monoisotopic (exact) mass is 992 g/mol. The van der Waals surface area contributed by atoms with Gasteiger partial charge >= 0.3 is 0 Å². The van der Waals surface area contributed by atoms with Crippen molar-refractivity contribution in [2.75, 3.05) is 90.6 Å². The van der Waals surface area contributed by atoms with Crippen molar-refractivity contribution in [1.29, 1.82) is 0 Å². The van der Waals surface area contributed by atoms with Gasteiger partial charge in [0.25, 0.3) is 0 Å². The molecule has 0 amide bonds. The third-order valence-electron chi connectivity index (χ3n) is 13.2. The molecular formula is C56H56N12O6. The van der Waals surface area contributed by atoms with Crippen LogP contribution in [0.5, 0.6) is 34.8 Å². The Morgan fingerprint density at radius 3 is 1.42 bits per heavy atom. The molecule has 10 aromatic rings. The SMILES string of the molecule is COc1ccc(-c2ccc3c(c2)[nH]c2c(OCc4ccccn4)nc(N4CCNCC4)nc23)cc1OC.COc1ccc(-c2ccc3c(c2)[nH]c2c(OCc4ccncc4)nc(N4CCNCC4)nc23)cc1OC. The predicted molar refractivity (Wildman–Crippen MR) is 287 cm³/mol. The highest BCUT2D eigenvalue weighted by Gasteiger charge is 2.23. The van der Waals surface area contributed by atoms with Crippen molar-refractivity contribution in [2.24, 2.45) is 0 Å². The van der Waals surface area contributed by atoms with Gasteiger partial charge < -0.3 is 58.8 Å². The van der Waals surface area contributed by atoms with Crippen LogP contribution in [0.1, 0.15) is 11.3 Å². The summed E-state index contributed by atoms with van der Waals surface area (Å²) in [5.74, 6) is 5.20. The number of piperazine rings is 2. The molecule has 376 valence electrons. The zero-order valence-electron chi connectivity index (χ0n) is 41.6. The zero-order valence-corrected chi connectivity index (χ0v) is 41.6. The molecule has 2 aliphatic heterocycles. The van der Waals surface area contributed by atoms with E-state index in [1.165, 1.54) is 0 Å². The summed E-state index contributed by atoms with van der Waals surface area (Å²) in [7, 11) is 6.56. The lowest BCUT2D eigenvalue weighted by molar-refractivity contribution is 0.292. The van der Waals surface area contributed by atoms with Gasteiger partial charge in [0.05, 0.1) is 34.1 Å². The van der Waals surface area contributed by atoms with Gasteiger partial charge in [0.15, 0.2) is 23.0 Å². The molecule has 0 bridgehead atoms. The number of H-pyrrole nitrogens is 2. The number of benzene rings is 4. The average molecular weight is 993 g/mol. The lowest BCUT2D eigenvalue weighted by Gasteiger charge is -2.27. The Labute approximate surface area is 427 Å². The fourth-order valence-corrected chi connectivity index (χ4v) is 9.32. The number of nitrogens with zero attached hydrogens (tertiary/aromatic N) is 8. The number of ether oxygens (including phenoxy) is 6. The molecule has 18 nitrogen and oxygen atoms in total. The van der Waals surface area contributed by atoms with Crippen LogP contribution in [0.3, 0.4) is 0 Å². The van der Waals surface area contributed by atoms with Crippen LogP contribution in [0, 0.1) is 0 Å². The molecule has 12 rings (SSSR count). The van der Waals surface area contributed by atoms with Crippen molar-refractivity contribution in [2.45, 2.75) is 13.2 Å². The van der Waals surface area contributed by atoms with Crippen LogP contribution in [0.2, 0.25) is 0 Å². The Morgan fingerprint density at radius 1 is 0.473 bits per heavy atom. The molecule has 4 aromatic carbocycles. The van der Waals surface area contributed by atoms with Crippen molar-refractivity contribution < 1.29 is 28.4 Å². The Bertz CT molecular complexity index is 3330. The second-order valence-corrected chi connectivity index (χ2v) is 17.7. The van der Waals surface area contributed by atoms with Gasteiger partial charge in [-0.15, -0.1) is 0 Å². The number of hydrogen-bond donors (Lipinski definition) is 4. The first-order chi connectivity index (χ1) is 36.5. The summed E-state index contributed by atoms with van der Waals surface area (Å²) in [5.41, 5.74) is 11.2.